The highest BCUT2D eigenvalue weighted by molar-refractivity contribution is 4.93. The van der Waals surface area contributed by atoms with Crippen LogP contribution in [0.5, 0.6) is 0 Å². The first-order valence-corrected chi connectivity index (χ1v) is 4.83. The minimum absolute atomic E-state index is 0.873. The SMILES string of the molecule is CC(C)CC[C]1CCNCC1. The maximum absolute atomic E-state index is 3.38. The van der Waals surface area contributed by atoms with Crippen LogP contribution in [0.15, 0.2) is 0 Å². The number of nitrogens with one attached hydrogen (secondary N) is 1. The fraction of sp³-hybridized carbons (Fsp3) is 0.900. The van der Waals surface area contributed by atoms with Crippen molar-refractivity contribution in [2.45, 2.75) is 39.5 Å². The van der Waals surface area contributed by atoms with Gasteiger partial charge in [-0.2, -0.15) is 0 Å². The van der Waals surface area contributed by atoms with Crippen molar-refractivity contribution in [1.82, 2.24) is 5.32 Å². The minimum Gasteiger partial charge on any atom is -0.317 e. The van der Waals surface area contributed by atoms with Gasteiger partial charge in [0.05, 0.1) is 0 Å². The summed E-state index contributed by atoms with van der Waals surface area (Å²) in [5.41, 5.74) is 0. The second-order valence-corrected chi connectivity index (χ2v) is 3.93. The van der Waals surface area contributed by atoms with Crippen molar-refractivity contribution in [3.05, 3.63) is 5.92 Å². The highest BCUT2D eigenvalue weighted by Gasteiger charge is 2.13. The van der Waals surface area contributed by atoms with Crippen molar-refractivity contribution in [2.75, 3.05) is 13.1 Å². The number of hydrogen-bond acceptors (Lipinski definition) is 1. The van der Waals surface area contributed by atoms with E-state index in [1.807, 2.05) is 0 Å². The van der Waals surface area contributed by atoms with Crippen LogP contribution >= 0.6 is 0 Å². The molecular weight excluding hydrogens is 134 g/mol. The molecule has 1 aliphatic heterocycles. The predicted octanol–water partition coefficient (Wildman–Crippen LogP) is 2.38. The van der Waals surface area contributed by atoms with Crippen molar-refractivity contribution >= 4 is 0 Å². The minimum atomic E-state index is 0.873. The molecule has 1 saturated heterocycles. The van der Waals surface area contributed by atoms with E-state index in [-0.39, 0.29) is 0 Å². The lowest BCUT2D eigenvalue weighted by atomic mass is 9.90. The molecule has 1 aliphatic rings. The van der Waals surface area contributed by atoms with Gasteiger partial charge in [-0.25, -0.2) is 0 Å². The number of piperidine rings is 1. The molecule has 0 aromatic heterocycles. The Bertz CT molecular complexity index is 93.0. The van der Waals surface area contributed by atoms with Gasteiger partial charge in [-0.15, -0.1) is 0 Å². The summed E-state index contributed by atoms with van der Waals surface area (Å²) >= 11 is 0. The van der Waals surface area contributed by atoms with Crippen LogP contribution in [0.1, 0.15) is 39.5 Å². The number of rotatable bonds is 3. The van der Waals surface area contributed by atoms with Crippen molar-refractivity contribution in [3.63, 3.8) is 0 Å². The van der Waals surface area contributed by atoms with E-state index in [4.69, 9.17) is 0 Å². The van der Waals surface area contributed by atoms with Crippen LogP contribution in [0.3, 0.4) is 0 Å². The largest absolute Gasteiger partial charge is 0.317 e. The van der Waals surface area contributed by atoms with E-state index in [0.29, 0.717) is 0 Å². The topological polar surface area (TPSA) is 12.0 Å². The predicted molar refractivity (Wildman–Crippen MR) is 49.4 cm³/mol. The fourth-order valence-corrected chi connectivity index (χ4v) is 1.52. The van der Waals surface area contributed by atoms with Gasteiger partial charge < -0.3 is 5.32 Å². The average Bonchev–Trinajstić information content (AvgIpc) is 2.03. The molecule has 0 saturated carbocycles. The lowest BCUT2D eigenvalue weighted by Gasteiger charge is -2.22. The van der Waals surface area contributed by atoms with Crippen molar-refractivity contribution in [1.29, 1.82) is 0 Å². The molecule has 1 radical (unpaired) electrons. The van der Waals surface area contributed by atoms with E-state index in [1.54, 1.807) is 5.92 Å². The molecule has 65 valence electrons. The molecule has 0 amide bonds. The van der Waals surface area contributed by atoms with Crippen LogP contribution in [0.25, 0.3) is 0 Å². The molecule has 11 heavy (non-hydrogen) atoms. The molecular formula is C10H20N. The monoisotopic (exact) mass is 154 g/mol. The zero-order chi connectivity index (χ0) is 8.10. The summed E-state index contributed by atoms with van der Waals surface area (Å²) in [5, 5.41) is 3.38. The molecule has 1 N–H and O–H groups in total. The Balaban J connectivity index is 2.05. The first kappa shape index (κ1) is 9.05. The fourth-order valence-electron chi connectivity index (χ4n) is 1.52. The quantitative estimate of drug-likeness (QED) is 0.658. The summed E-state index contributed by atoms with van der Waals surface area (Å²) in [6, 6.07) is 0. The van der Waals surface area contributed by atoms with E-state index < -0.39 is 0 Å². The maximum Gasteiger partial charge on any atom is -0.00434 e. The maximum atomic E-state index is 3.38. The van der Waals surface area contributed by atoms with Crippen molar-refractivity contribution in [2.24, 2.45) is 5.92 Å². The zero-order valence-corrected chi connectivity index (χ0v) is 7.82. The summed E-state index contributed by atoms with van der Waals surface area (Å²) in [6.45, 7) is 7.05. The van der Waals surface area contributed by atoms with E-state index in [9.17, 15) is 0 Å². The van der Waals surface area contributed by atoms with Crippen LogP contribution in [-0.4, -0.2) is 13.1 Å². The summed E-state index contributed by atoms with van der Waals surface area (Å²) < 4.78 is 0. The van der Waals surface area contributed by atoms with Crippen LogP contribution in [0, 0.1) is 11.8 Å². The Morgan fingerprint density at radius 3 is 2.45 bits per heavy atom. The molecule has 1 fully saturated rings. The third kappa shape index (κ3) is 3.76. The van der Waals surface area contributed by atoms with Gasteiger partial charge in [0.1, 0.15) is 0 Å². The first-order valence-electron chi connectivity index (χ1n) is 4.83. The van der Waals surface area contributed by atoms with Gasteiger partial charge in [0, 0.05) is 0 Å². The Morgan fingerprint density at radius 2 is 1.91 bits per heavy atom. The molecule has 0 atom stereocenters. The Morgan fingerprint density at radius 1 is 1.27 bits per heavy atom. The van der Waals surface area contributed by atoms with Gasteiger partial charge in [-0.3, -0.25) is 0 Å². The molecule has 1 heteroatoms. The Hall–Kier alpha value is -0.0400. The average molecular weight is 154 g/mol. The summed E-state index contributed by atoms with van der Waals surface area (Å²) in [4.78, 5) is 0. The highest BCUT2D eigenvalue weighted by atomic mass is 14.9. The van der Waals surface area contributed by atoms with Crippen LogP contribution in [0.4, 0.5) is 0 Å². The molecule has 1 rings (SSSR count). The third-order valence-corrected chi connectivity index (χ3v) is 2.39. The summed E-state index contributed by atoms with van der Waals surface area (Å²) in [6.07, 6.45) is 5.41. The second kappa shape index (κ2) is 4.76. The van der Waals surface area contributed by atoms with E-state index >= 15 is 0 Å². The van der Waals surface area contributed by atoms with E-state index in [0.717, 1.165) is 5.92 Å². The molecule has 0 bridgehead atoms. The summed E-state index contributed by atoms with van der Waals surface area (Å²) in [5.74, 6) is 2.66. The molecule has 0 aromatic carbocycles. The molecule has 0 aromatic rings. The van der Waals surface area contributed by atoms with Crippen molar-refractivity contribution < 1.29 is 0 Å². The Kier molecular flexibility index (Phi) is 3.92. The molecule has 0 unspecified atom stereocenters. The normalized spacial score (nSPS) is 21.0. The molecule has 1 nitrogen and oxygen atoms in total. The van der Waals surface area contributed by atoms with Gasteiger partial charge >= 0.3 is 0 Å². The standard InChI is InChI=1S/C10H20N/c1-9(2)3-4-10-5-7-11-8-6-10/h9,11H,3-8H2,1-2H3. The smallest absolute Gasteiger partial charge is 0.00434 e. The van der Waals surface area contributed by atoms with E-state index in [2.05, 4.69) is 19.2 Å². The first-order chi connectivity index (χ1) is 5.29. The van der Waals surface area contributed by atoms with E-state index in [1.165, 1.54) is 38.8 Å². The van der Waals surface area contributed by atoms with Gasteiger partial charge in [0.2, 0.25) is 0 Å². The third-order valence-electron chi connectivity index (χ3n) is 2.39. The van der Waals surface area contributed by atoms with Crippen molar-refractivity contribution in [3.8, 4) is 0 Å². The van der Waals surface area contributed by atoms with Crippen LogP contribution in [-0.2, 0) is 0 Å². The number of hydrogen-bond donors (Lipinski definition) is 1. The highest BCUT2D eigenvalue weighted by Crippen LogP contribution is 2.22. The zero-order valence-electron chi connectivity index (χ0n) is 7.82. The molecule has 1 heterocycles. The van der Waals surface area contributed by atoms with Gasteiger partial charge in [0.25, 0.3) is 0 Å². The lowest BCUT2D eigenvalue weighted by molar-refractivity contribution is 0.477. The van der Waals surface area contributed by atoms with Gasteiger partial charge in [0.15, 0.2) is 0 Å². The molecule has 0 spiro atoms. The van der Waals surface area contributed by atoms with Gasteiger partial charge in [-0.1, -0.05) is 20.3 Å². The Labute approximate surface area is 70.6 Å². The van der Waals surface area contributed by atoms with Gasteiger partial charge in [-0.05, 0) is 44.2 Å². The molecule has 0 aliphatic carbocycles. The van der Waals surface area contributed by atoms with Crippen LogP contribution in [0.2, 0.25) is 0 Å². The lowest BCUT2D eigenvalue weighted by Crippen LogP contribution is -2.26. The van der Waals surface area contributed by atoms with Crippen LogP contribution < -0.4 is 5.32 Å². The summed E-state index contributed by atoms with van der Waals surface area (Å²) in [7, 11) is 0. The second-order valence-electron chi connectivity index (χ2n) is 3.93.